The number of alkyl halides is 1. The van der Waals surface area contributed by atoms with Gasteiger partial charge < -0.3 is 15.3 Å². The van der Waals surface area contributed by atoms with Crippen molar-refractivity contribution in [2.75, 3.05) is 23.3 Å². The van der Waals surface area contributed by atoms with Crippen molar-refractivity contribution in [2.45, 2.75) is 25.1 Å². The summed E-state index contributed by atoms with van der Waals surface area (Å²) in [5, 5.41) is 17.6. The predicted octanol–water partition coefficient (Wildman–Crippen LogP) is 3.47. The van der Waals surface area contributed by atoms with E-state index in [0.29, 0.717) is 25.3 Å². The van der Waals surface area contributed by atoms with Crippen LogP contribution < -0.4 is 10.2 Å². The number of carbonyl (C=O) groups excluding carboxylic acids is 1. The summed E-state index contributed by atoms with van der Waals surface area (Å²) in [5.41, 5.74) is 6.26. The number of halogens is 1. The van der Waals surface area contributed by atoms with Crippen molar-refractivity contribution in [3.63, 3.8) is 0 Å². The number of benzene rings is 2. The SMILES string of the molecule is O=C1Cc2cc(-c3c(-c4ccccc4)nn4c(N5CC[C@@H](O)[C@@H](F)C5)nccc34)ccc2N1. The second-order valence-corrected chi connectivity index (χ2v) is 8.55. The monoisotopic (exact) mass is 443 g/mol. The molecule has 2 aromatic heterocycles. The van der Waals surface area contributed by atoms with Crippen LogP contribution in [0.15, 0.2) is 60.8 Å². The van der Waals surface area contributed by atoms with E-state index in [1.165, 1.54) is 0 Å². The van der Waals surface area contributed by atoms with Gasteiger partial charge in [0, 0.05) is 29.6 Å². The van der Waals surface area contributed by atoms with Gasteiger partial charge in [-0.1, -0.05) is 36.4 Å². The molecule has 33 heavy (non-hydrogen) atoms. The van der Waals surface area contributed by atoms with E-state index in [9.17, 15) is 14.3 Å². The van der Waals surface area contributed by atoms with Gasteiger partial charge in [-0.3, -0.25) is 4.79 Å². The fourth-order valence-electron chi connectivity index (χ4n) is 4.72. The van der Waals surface area contributed by atoms with Crippen LogP contribution in [-0.4, -0.2) is 51.0 Å². The molecule has 4 aromatic rings. The molecule has 166 valence electrons. The zero-order valence-electron chi connectivity index (χ0n) is 17.8. The molecule has 0 saturated carbocycles. The first-order valence-corrected chi connectivity index (χ1v) is 11.0. The molecule has 2 aromatic carbocycles. The number of fused-ring (bicyclic) bond motifs is 2. The zero-order valence-corrected chi connectivity index (χ0v) is 17.8. The lowest BCUT2D eigenvalue weighted by molar-refractivity contribution is -0.115. The number of aliphatic hydroxyl groups is 1. The average Bonchev–Trinajstić information content (AvgIpc) is 3.40. The smallest absolute Gasteiger partial charge is 0.228 e. The second kappa shape index (κ2) is 7.67. The third-order valence-corrected chi connectivity index (χ3v) is 6.39. The molecule has 1 amide bonds. The first kappa shape index (κ1) is 19.9. The Kier molecular flexibility index (Phi) is 4.62. The van der Waals surface area contributed by atoms with Crippen molar-refractivity contribution in [3.05, 3.63) is 66.4 Å². The summed E-state index contributed by atoms with van der Waals surface area (Å²) in [6.45, 7) is 0.561. The van der Waals surface area contributed by atoms with Gasteiger partial charge in [0.15, 0.2) is 0 Å². The van der Waals surface area contributed by atoms with Gasteiger partial charge in [-0.05, 0) is 35.7 Å². The number of hydrogen-bond acceptors (Lipinski definition) is 5. The molecule has 8 heteroatoms. The lowest BCUT2D eigenvalue weighted by atomic mass is 9.97. The Labute approximate surface area is 189 Å². The zero-order chi connectivity index (χ0) is 22.5. The maximum Gasteiger partial charge on any atom is 0.228 e. The highest BCUT2D eigenvalue weighted by Gasteiger charge is 2.30. The molecule has 7 nitrogen and oxygen atoms in total. The molecule has 2 aliphatic heterocycles. The van der Waals surface area contributed by atoms with E-state index in [0.717, 1.165) is 39.2 Å². The van der Waals surface area contributed by atoms with Crippen LogP contribution >= 0.6 is 0 Å². The average molecular weight is 443 g/mol. The van der Waals surface area contributed by atoms with Gasteiger partial charge in [-0.25, -0.2) is 9.37 Å². The van der Waals surface area contributed by atoms with Crippen LogP contribution in [-0.2, 0) is 11.2 Å². The minimum absolute atomic E-state index is 0.00940. The normalized spacial score (nSPS) is 20.2. The summed E-state index contributed by atoms with van der Waals surface area (Å²) in [6, 6.07) is 17.8. The van der Waals surface area contributed by atoms with Crippen LogP contribution in [0.3, 0.4) is 0 Å². The molecule has 1 saturated heterocycles. The van der Waals surface area contributed by atoms with E-state index in [1.807, 2.05) is 59.5 Å². The fraction of sp³-hybridized carbons (Fsp3) is 0.240. The number of piperidine rings is 1. The van der Waals surface area contributed by atoms with Crippen molar-refractivity contribution in [3.8, 4) is 22.4 Å². The number of rotatable bonds is 3. The van der Waals surface area contributed by atoms with Crippen molar-refractivity contribution in [2.24, 2.45) is 0 Å². The molecule has 6 rings (SSSR count). The van der Waals surface area contributed by atoms with Crippen molar-refractivity contribution in [1.29, 1.82) is 0 Å². The first-order valence-electron chi connectivity index (χ1n) is 11.0. The van der Waals surface area contributed by atoms with Gasteiger partial charge >= 0.3 is 0 Å². The Morgan fingerprint density at radius 1 is 1.09 bits per heavy atom. The van der Waals surface area contributed by atoms with Crippen LogP contribution in [0.4, 0.5) is 16.0 Å². The summed E-state index contributed by atoms with van der Waals surface area (Å²) in [6.07, 6.45) is 0.119. The van der Waals surface area contributed by atoms with Crippen LogP contribution in [0, 0.1) is 0 Å². The molecule has 0 radical (unpaired) electrons. The minimum Gasteiger partial charge on any atom is -0.390 e. The number of nitrogens with zero attached hydrogens (tertiary/aromatic N) is 4. The van der Waals surface area contributed by atoms with E-state index >= 15 is 0 Å². The van der Waals surface area contributed by atoms with E-state index in [2.05, 4.69) is 10.3 Å². The molecule has 1 fully saturated rings. The predicted molar refractivity (Wildman–Crippen MR) is 124 cm³/mol. The molecule has 0 bridgehead atoms. The molecule has 2 atom stereocenters. The third-order valence-electron chi connectivity index (χ3n) is 6.39. The minimum atomic E-state index is -1.33. The molecular weight excluding hydrogens is 421 g/mol. The quantitative estimate of drug-likeness (QED) is 0.507. The summed E-state index contributed by atoms with van der Waals surface area (Å²) >= 11 is 0. The van der Waals surface area contributed by atoms with Crippen molar-refractivity contribution < 1.29 is 14.3 Å². The second-order valence-electron chi connectivity index (χ2n) is 8.55. The van der Waals surface area contributed by atoms with E-state index in [4.69, 9.17) is 5.10 Å². The van der Waals surface area contributed by atoms with Crippen LogP contribution in [0.25, 0.3) is 27.9 Å². The number of hydrogen-bond donors (Lipinski definition) is 2. The van der Waals surface area contributed by atoms with Crippen molar-refractivity contribution in [1.82, 2.24) is 14.6 Å². The number of amides is 1. The van der Waals surface area contributed by atoms with Crippen LogP contribution in [0.2, 0.25) is 0 Å². The summed E-state index contributed by atoms with van der Waals surface area (Å²) in [4.78, 5) is 18.2. The number of anilines is 2. The molecule has 0 spiro atoms. The number of aromatic nitrogens is 3. The van der Waals surface area contributed by atoms with Gasteiger partial charge in [0.25, 0.3) is 0 Å². The lowest BCUT2D eigenvalue weighted by Gasteiger charge is -2.32. The fourth-order valence-corrected chi connectivity index (χ4v) is 4.72. The van der Waals surface area contributed by atoms with E-state index in [1.54, 1.807) is 10.7 Å². The van der Waals surface area contributed by atoms with Gasteiger partial charge in [0.2, 0.25) is 11.9 Å². The molecular formula is C25H22FN5O2. The highest BCUT2D eigenvalue weighted by Crippen LogP contribution is 2.38. The maximum atomic E-state index is 14.3. The van der Waals surface area contributed by atoms with E-state index in [-0.39, 0.29) is 12.5 Å². The summed E-state index contributed by atoms with van der Waals surface area (Å²) < 4.78 is 16.1. The van der Waals surface area contributed by atoms with Crippen LogP contribution in [0.5, 0.6) is 0 Å². The number of carbonyl (C=O) groups is 1. The van der Waals surface area contributed by atoms with Crippen molar-refractivity contribution >= 4 is 23.1 Å². The molecule has 2 N–H and O–H groups in total. The van der Waals surface area contributed by atoms with Gasteiger partial charge in [0.1, 0.15) is 11.9 Å². The highest BCUT2D eigenvalue weighted by molar-refractivity contribution is 6.01. The van der Waals surface area contributed by atoms with Gasteiger partial charge in [-0.15, -0.1) is 0 Å². The molecule has 0 unspecified atom stereocenters. The molecule has 2 aliphatic rings. The molecule has 4 heterocycles. The first-order chi connectivity index (χ1) is 16.1. The standard InChI is InChI=1S/C25H22FN5O2/c26-18-14-30(11-9-21(18)32)25-27-10-8-20-23(16-6-7-19-17(12-16)13-22(33)28-19)24(29-31(20)25)15-4-2-1-3-5-15/h1-8,10,12,18,21,32H,9,11,13-14H2,(H,28,33)/t18-,21+/m0/s1. The topological polar surface area (TPSA) is 82.8 Å². The Bertz CT molecular complexity index is 1370. The Morgan fingerprint density at radius 3 is 2.76 bits per heavy atom. The van der Waals surface area contributed by atoms with Gasteiger partial charge in [0.05, 0.1) is 24.6 Å². The summed E-state index contributed by atoms with van der Waals surface area (Å²) in [5.74, 6) is 0.535. The maximum absolute atomic E-state index is 14.3. The summed E-state index contributed by atoms with van der Waals surface area (Å²) in [7, 11) is 0. The van der Waals surface area contributed by atoms with E-state index < -0.39 is 12.3 Å². The third kappa shape index (κ3) is 3.34. The van der Waals surface area contributed by atoms with Crippen LogP contribution in [0.1, 0.15) is 12.0 Å². The lowest BCUT2D eigenvalue weighted by Crippen LogP contribution is -2.45. The Morgan fingerprint density at radius 2 is 1.94 bits per heavy atom. The largest absolute Gasteiger partial charge is 0.390 e. The highest BCUT2D eigenvalue weighted by atomic mass is 19.1. The molecule has 0 aliphatic carbocycles. The number of nitrogens with one attached hydrogen (secondary N) is 1. The van der Waals surface area contributed by atoms with Gasteiger partial charge in [-0.2, -0.15) is 9.61 Å². The number of aliphatic hydroxyl groups excluding tert-OH is 1. The Hall–Kier alpha value is -3.78. The Balaban J connectivity index is 1.55.